The first kappa shape index (κ1) is 10.9. The molecular formula is C10H14FNO2. The number of benzene rings is 1. The predicted molar refractivity (Wildman–Crippen MR) is 51.5 cm³/mol. The van der Waals surface area contributed by atoms with Crippen LogP contribution in [-0.4, -0.2) is 13.9 Å². The highest BCUT2D eigenvalue weighted by atomic mass is 19.1. The molecule has 0 amide bonds. The SMILES string of the molecule is COCOc1ccc(F)cc1[C@H](C)N. The summed E-state index contributed by atoms with van der Waals surface area (Å²) < 4.78 is 22.9. The van der Waals surface area contributed by atoms with Gasteiger partial charge in [-0.25, -0.2) is 4.39 Å². The first-order valence-corrected chi connectivity index (χ1v) is 4.32. The average molecular weight is 199 g/mol. The van der Waals surface area contributed by atoms with Crippen molar-refractivity contribution < 1.29 is 13.9 Å². The van der Waals surface area contributed by atoms with Gasteiger partial charge in [-0.2, -0.15) is 0 Å². The van der Waals surface area contributed by atoms with Gasteiger partial charge in [-0.3, -0.25) is 0 Å². The lowest BCUT2D eigenvalue weighted by atomic mass is 10.1. The maximum atomic E-state index is 12.9. The summed E-state index contributed by atoms with van der Waals surface area (Å²) in [4.78, 5) is 0. The summed E-state index contributed by atoms with van der Waals surface area (Å²) in [6.45, 7) is 1.90. The van der Waals surface area contributed by atoms with E-state index < -0.39 is 0 Å². The molecule has 1 atom stereocenters. The van der Waals surface area contributed by atoms with Gasteiger partial charge >= 0.3 is 0 Å². The van der Waals surface area contributed by atoms with Crippen molar-refractivity contribution in [3.05, 3.63) is 29.6 Å². The molecule has 0 unspecified atom stereocenters. The van der Waals surface area contributed by atoms with Gasteiger partial charge in [0.15, 0.2) is 6.79 Å². The van der Waals surface area contributed by atoms with Crippen LogP contribution in [0.2, 0.25) is 0 Å². The van der Waals surface area contributed by atoms with Crippen molar-refractivity contribution in [2.45, 2.75) is 13.0 Å². The summed E-state index contributed by atoms with van der Waals surface area (Å²) in [6.07, 6.45) is 0. The van der Waals surface area contributed by atoms with Crippen LogP contribution >= 0.6 is 0 Å². The van der Waals surface area contributed by atoms with Crippen molar-refractivity contribution in [3.8, 4) is 5.75 Å². The number of hydrogen-bond acceptors (Lipinski definition) is 3. The van der Waals surface area contributed by atoms with Crippen LogP contribution in [-0.2, 0) is 4.74 Å². The third-order valence-electron chi connectivity index (χ3n) is 1.79. The van der Waals surface area contributed by atoms with Crippen molar-refractivity contribution in [2.75, 3.05) is 13.9 Å². The van der Waals surface area contributed by atoms with E-state index >= 15 is 0 Å². The van der Waals surface area contributed by atoms with Crippen LogP contribution in [0, 0.1) is 5.82 Å². The molecule has 3 nitrogen and oxygen atoms in total. The van der Waals surface area contributed by atoms with E-state index in [0.29, 0.717) is 11.3 Å². The second-order valence-electron chi connectivity index (χ2n) is 3.02. The predicted octanol–water partition coefficient (Wildman–Crippen LogP) is 1.83. The minimum absolute atomic E-state index is 0.130. The van der Waals surface area contributed by atoms with E-state index in [2.05, 4.69) is 0 Å². The maximum absolute atomic E-state index is 12.9. The lowest BCUT2D eigenvalue weighted by Gasteiger charge is -2.13. The molecule has 1 aromatic rings. The van der Waals surface area contributed by atoms with Gasteiger partial charge < -0.3 is 15.2 Å². The average Bonchev–Trinajstić information content (AvgIpc) is 2.15. The number of hydrogen-bond donors (Lipinski definition) is 1. The Morgan fingerprint density at radius 2 is 2.21 bits per heavy atom. The van der Waals surface area contributed by atoms with Crippen LogP contribution < -0.4 is 10.5 Å². The number of ether oxygens (including phenoxy) is 2. The maximum Gasteiger partial charge on any atom is 0.188 e. The molecule has 0 aliphatic rings. The van der Waals surface area contributed by atoms with Crippen LogP contribution in [0.3, 0.4) is 0 Å². The van der Waals surface area contributed by atoms with Gasteiger partial charge in [0, 0.05) is 18.7 Å². The molecule has 0 aromatic heterocycles. The number of halogens is 1. The van der Waals surface area contributed by atoms with Crippen molar-refractivity contribution >= 4 is 0 Å². The Labute approximate surface area is 82.6 Å². The van der Waals surface area contributed by atoms with Gasteiger partial charge in [-0.15, -0.1) is 0 Å². The van der Waals surface area contributed by atoms with Crippen molar-refractivity contribution in [1.82, 2.24) is 0 Å². The molecule has 0 aliphatic carbocycles. The molecule has 0 spiro atoms. The molecule has 14 heavy (non-hydrogen) atoms. The number of methoxy groups -OCH3 is 1. The topological polar surface area (TPSA) is 44.5 Å². The molecule has 4 heteroatoms. The summed E-state index contributed by atoms with van der Waals surface area (Å²) in [7, 11) is 1.52. The Hall–Kier alpha value is -1.13. The fraction of sp³-hybridized carbons (Fsp3) is 0.400. The Morgan fingerprint density at radius 3 is 2.79 bits per heavy atom. The summed E-state index contributed by atoms with van der Waals surface area (Å²) in [5.74, 6) is 0.241. The summed E-state index contributed by atoms with van der Waals surface area (Å²) in [5.41, 5.74) is 6.31. The Morgan fingerprint density at radius 1 is 1.50 bits per heavy atom. The van der Waals surface area contributed by atoms with E-state index in [4.69, 9.17) is 15.2 Å². The highest BCUT2D eigenvalue weighted by Crippen LogP contribution is 2.24. The molecule has 0 fully saturated rings. The van der Waals surface area contributed by atoms with Gasteiger partial charge in [-0.1, -0.05) is 0 Å². The first-order valence-electron chi connectivity index (χ1n) is 4.32. The van der Waals surface area contributed by atoms with Crippen molar-refractivity contribution in [2.24, 2.45) is 5.73 Å². The monoisotopic (exact) mass is 199 g/mol. The highest BCUT2D eigenvalue weighted by Gasteiger charge is 2.09. The summed E-state index contributed by atoms with van der Waals surface area (Å²) in [5, 5.41) is 0. The van der Waals surface area contributed by atoms with E-state index in [9.17, 15) is 4.39 Å². The van der Waals surface area contributed by atoms with Gasteiger partial charge in [-0.05, 0) is 25.1 Å². The van der Waals surface area contributed by atoms with Gasteiger partial charge in [0.05, 0.1) is 0 Å². The molecule has 0 radical (unpaired) electrons. The Balaban J connectivity index is 2.90. The zero-order valence-corrected chi connectivity index (χ0v) is 8.29. The van der Waals surface area contributed by atoms with Gasteiger partial charge in [0.2, 0.25) is 0 Å². The van der Waals surface area contributed by atoms with E-state index in [0.717, 1.165) is 0 Å². The van der Waals surface area contributed by atoms with E-state index in [1.54, 1.807) is 13.0 Å². The summed E-state index contributed by atoms with van der Waals surface area (Å²) >= 11 is 0. The lowest BCUT2D eigenvalue weighted by molar-refractivity contribution is 0.0501. The van der Waals surface area contributed by atoms with Gasteiger partial charge in [0.1, 0.15) is 11.6 Å². The number of nitrogens with two attached hydrogens (primary N) is 1. The van der Waals surface area contributed by atoms with Crippen molar-refractivity contribution in [3.63, 3.8) is 0 Å². The molecule has 0 saturated carbocycles. The smallest absolute Gasteiger partial charge is 0.188 e. The van der Waals surface area contributed by atoms with Crippen LogP contribution in [0.25, 0.3) is 0 Å². The van der Waals surface area contributed by atoms with Crippen LogP contribution in [0.5, 0.6) is 5.75 Å². The standard InChI is InChI=1S/C10H14FNO2/c1-7(12)9-5-8(11)3-4-10(9)14-6-13-2/h3-5,7H,6,12H2,1-2H3/t7-/m0/s1. The van der Waals surface area contributed by atoms with Crippen molar-refractivity contribution in [1.29, 1.82) is 0 Å². The largest absolute Gasteiger partial charge is 0.467 e. The van der Waals surface area contributed by atoms with E-state index in [1.807, 2.05) is 0 Å². The first-order chi connectivity index (χ1) is 6.65. The highest BCUT2D eigenvalue weighted by molar-refractivity contribution is 5.35. The van der Waals surface area contributed by atoms with E-state index in [-0.39, 0.29) is 18.7 Å². The molecule has 78 valence electrons. The molecule has 0 heterocycles. The fourth-order valence-electron chi connectivity index (χ4n) is 1.13. The molecule has 1 rings (SSSR count). The van der Waals surface area contributed by atoms with Crippen LogP contribution in [0.4, 0.5) is 4.39 Å². The second kappa shape index (κ2) is 4.93. The second-order valence-corrected chi connectivity index (χ2v) is 3.02. The fourth-order valence-corrected chi connectivity index (χ4v) is 1.13. The van der Waals surface area contributed by atoms with Crippen LogP contribution in [0.15, 0.2) is 18.2 Å². The Kier molecular flexibility index (Phi) is 3.85. The quantitative estimate of drug-likeness (QED) is 0.752. The molecular weight excluding hydrogens is 185 g/mol. The molecule has 1 aromatic carbocycles. The van der Waals surface area contributed by atoms with Gasteiger partial charge in [0.25, 0.3) is 0 Å². The lowest BCUT2D eigenvalue weighted by Crippen LogP contribution is -2.09. The zero-order chi connectivity index (χ0) is 10.6. The van der Waals surface area contributed by atoms with Crippen LogP contribution in [0.1, 0.15) is 18.5 Å². The normalized spacial score (nSPS) is 12.6. The molecule has 0 aliphatic heterocycles. The number of rotatable bonds is 4. The molecule has 0 saturated heterocycles. The minimum Gasteiger partial charge on any atom is -0.467 e. The molecule has 2 N–H and O–H groups in total. The summed E-state index contributed by atoms with van der Waals surface area (Å²) in [6, 6.07) is 3.98. The minimum atomic E-state index is -0.318. The molecule has 0 bridgehead atoms. The zero-order valence-electron chi connectivity index (χ0n) is 8.29. The van der Waals surface area contributed by atoms with E-state index in [1.165, 1.54) is 19.2 Å². The Bertz CT molecular complexity index is 302. The third-order valence-corrected chi connectivity index (χ3v) is 1.79. The third kappa shape index (κ3) is 2.68.